The molecule has 0 radical (unpaired) electrons. The topological polar surface area (TPSA) is 24.5 Å². The molecule has 1 aromatic rings. The number of methoxy groups -OCH3 is 1. The molecular formula is C13H20N2O. The number of nitrogens with one attached hydrogen (secondary N) is 1. The summed E-state index contributed by atoms with van der Waals surface area (Å²) in [6, 6.07) is 10.5. The summed E-state index contributed by atoms with van der Waals surface area (Å²) in [5.41, 5.74) is 1.32. The van der Waals surface area contributed by atoms with Gasteiger partial charge in [0.2, 0.25) is 0 Å². The van der Waals surface area contributed by atoms with E-state index in [0.29, 0.717) is 0 Å². The first kappa shape index (κ1) is 11.6. The van der Waals surface area contributed by atoms with Crippen LogP contribution in [0.5, 0.6) is 0 Å². The van der Waals surface area contributed by atoms with Gasteiger partial charge in [-0.2, -0.15) is 0 Å². The molecule has 3 nitrogen and oxygen atoms in total. The first-order valence-corrected chi connectivity index (χ1v) is 5.72. The Labute approximate surface area is 97.4 Å². The van der Waals surface area contributed by atoms with Gasteiger partial charge in [0.15, 0.2) is 0 Å². The van der Waals surface area contributed by atoms with Crippen LogP contribution in [0.25, 0.3) is 0 Å². The summed E-state index contributed by atoms with van der Waals surface area (Å²) in [4.78, 5) is 2.35. The molecule has 3 heteroatoms. The average Bonchev–Trinajstić information content (AvgIpc) is 2.56. The van der Waals surface area contributed by atoms with Crippen molar-refractivity contribution in [2.75, 3.05) is 13.7 Å². The van der Waals surface area contributed by atoms with Crippen molar-refractivity contribution in [1.29, 1.82) is 0 Å². The molecule has 88 valence electrons. The molecule has 0 bridgehead atoms. The van der Waals surface area contributed by atoms with E-state index in [4.69, 9.17) is 4.74 Å². The lowest BCUT2D eigenvalue weighted by molar-refractivity contribution is -0.0404. The third kappa shape index (κ3) is 2.26. The fraction of sp³-hybridized carbons (Fsp3) is 0.538. The monoisotopic (exact) mass is 220 g/mol. The van der Waals surface area contributed by atoms with E-state index < -0.39 is 0 Å². The molecular weight excluding hydrogens is 200 g/mol. The lowest BCUT2D eigenvalue weighted by Gasteiger charge is -2.34. The van der Waals surface area contributed by atoms with Gasteiger partial charge in [0, 0.05) is 20.2 Å². The maximum absolute atomic E-state index is 5.50. The van der Waals surface area contributed by atoms with Crippen LogP contribution in [0, 0.1) is 0 Å². The number of hydrogen-bond acceptors (Lipinski definition) is 3. The van der Waals surface area contributed by atoms with E-state index in [2.05, 4.69) is 48.3 Å². The van der Waals surface area contributed by atoms with Gasteiger partial charge in [-0.3, -0.25) is 10.2 Å². The van der Waals surface area contributed by atoms with Crippen molar-refractivity contribution >= 4 is 0 Å². The predicted molar refractivity (Wildman–Crippen MR) is 64.9 cm³/mol. The summed E-state index contributed by atoms with van der Waals surface area (Å²) in [6.07, 6.45) is 0.162. The highest BCUT2D eigenvalue weighted by molar-refractivity contribution is 5.15. The van der Waals surface area contributed by atoms with Crippen molar-refractivity contribution in [3.8, 4) is 0 Å². The van der Waals surface area contributed by atoms with E-state index in [9.17, 15) is 0 Å². The van der Waals surface area contributed by atoms with Crippen LogP contribution in [-0.2, 0) is 11.3 Å². The van der Waals surface area contributed by atoms with Crippen molar-refractivity contribution in [2.24, 2.45) is 0 Å². The number of benzene rings is 1. The van der Waals surface area contributed by atoms with Gasteiger partial charge in [-0.15, -0.1) is 0 Å². The van der Waals surface area contributed by atoms with E-state index >= 15 is 0 Å². The molecule has 0 saturated carbocycles. The SMILES string of the molecule is COC1CNC(C)(C)N1Cc1ccccc1. The van der Waals surface area contributed by atoms with E-state index in [1.807, 2.05) is 6.07 Å². The minimum absolute atomic E-state index is 0.00345. The van der Waals surface area contributed by atoms with Crippen LogP contribution >= 0.6 is 0 Å². The number of nitrogens with zero attached hydrogens (tertiary/aromatic N) is 1. The van der Waals surface area contributed by atoms with E-state index in [1.165, 1.54) is 5.56 Å². The van der Waals surface area contributed by atoms with Gasteiger partial charge >= 0.3 is 0 Å². The zero-order chi connectivity index (χ0) is 11.6. The summed E-state index contributed by atoms with van der Waals surface area (Å²) in [7, 11) is 1.77. The van der Waals surface area contributed by atoms with Crippen molar-refractivity contribution < 1.29 is 4.74 Å². The van der Waals surface area contributed by atoms with Gasteiger partial charge < -0.3 is 4.74 Å². The van der Waals surface area contributed by atoms with E-state index in [-0.39, 0.29) is 11.9 Å². The standard InChI is InChI=1S/C13H20N2O/c1-13(2)14-9-12(16-3)15(13)10-11-7-5-4-6-8-11/h4-8,12,14H,9-10H2,1-3H3. The van der Waals surface area contributed by atoms with Crippen LogP contribution in [0.3, 0.4) is 0 Å². The normalized spacial score (nSPS) is 24.8. The quantitative estimate of drug-likeness (QED) is 0.840. The molecule has 1 unspecified atom stereocenters. The summed E-state index contributed by atoms with van der Waals surface area (Å²) in [6.45, 7) is 6.18. The molecule has 1 atom stereocenters. The Morgan fingerprint density at radius 3 is 2.69 bits per heavy atom. The summed E-state index contributed by atoms with van der Waals surface area (Å²) < 4.78 is 5.50. The molecule has 0 aromatic heterocycles. The Hall–Kier alpha value is -0.900. The Bertz CT molecular complexity index is 337. The fourth-order valence-corrected chi connectivity index (χ4v) is 2.20. The lowest BCUT2D eigenvalue weighted by atomic mass is 10.1. The average molecular weight is 220 g/mol. The number of rotatable bonds is 3. The molecule has 1 saturated heterocycles. The minimum atomic E-state index is -0.00345. The zero-order valence-electron chi connectivity index (χ0n) is 10.2. The molecule has 0 amide bonds. The highest BCUT2D eigenvalue weighted by atomic mass is 16.5. The molecule has 1 N–H and O–H groups in total. The van der Waals surface area contributed by atoms with Gasteiger partial charge in [0.05, 0.1) is 5.66 Å². The Balaban J connectivity index is 2.12. The molecule has 1 aromatic carbocycles. The number of ether oxygens (including phenoxy) is 1. The van der Waals surface area contributed by atoms with Crippen LogP contribution in [0.1, 0.15) is 19.4 Å². The van der Waals surface area contributed by atoms with Gasteiger partial charge in [0.25, 0.3) is 0 Å². The second-order valence-corrected chi connectivity index (χ2v) is 4.74. The van der Waals surface area contributed by atoms with Crippen LogP contribution in [0.2, 0.25) is 0 Å². The molecule has 16 heavy (non-hydrogen) atoms. The smallest absolute Gasteiger partial charge is 0.124 e. The highest BCUT2D eigenvalue weighted by Crippen LogP contribution is 2.24. The van der Waals surface area contributed by atoms with Gasteiger partial charge in [-0.25, -0.2) is 0 Å². The minimum Gasteiger partial charge on any atom is -0.365 e. The van der Waals surface area contributed by atoms with Crippen LogP contribution < -0.4 is 5.32 Å². The zero-order valence-corrected chi connectivity index (χ0v) is 10.2. The lowest BCUT2D eigenvalue weighted by Crippen LogP contribution is -2.47. The third-order valence-electron chi connectivity index (χ3n) is 3.24. The second kappa shape index (κ2) is 4.53. The van der Waals surface area contributed by atoms with E-state index in [1.54, 1.807) is 7.11 Å². The Morgan fingerprint density at radius 2 is 2.06 bits per heavy atom. The van der Waals surface area contributed by atoms with Gasteiger partial charge in [0.1, 0.15) is 6.23 Å². The van der Waals surface area contributed by atoms with Crippen molar-refractivity contribution in [3.05, 3.63) is 35.9 Å². The molecule has 0 aliphatic carbocycles. The number of hydrogen-bond donors (Lipinski definition) is 1. The molecule has 1 fully saturated rings. The van der Waals surface area contributed by atoms with Crippen LogP contribution in [0.15, 0.2) is 30.3 Å². The predicted octanol–water partition coefficient (Wildman–Crippen LogP) is 1.80. The third-order valence-corrected chi connectivity index (χ3v) is 3.24. The van der Waals surface area contributed by atoms with Crippen molar-refractivity contribution in [3.63, 3.8) is 0 Å². The Morgan fingerprint density at radius 1 is 1.38 bits per heavy atom. The first-order chi connectivity index (χ1) is 7.63. The van der Waals surface area contributed by atoms with Crippen molar-refractivity contribution in [1.82, 2.24) is 10.2 Å². The van der Waals surface area contributed by atoms with Gasteiger partial charge in [-0.05, 0) is 19.4 Å². The maximum atomic E-state index is 5.50. The molecule has 2 rings (SSSR count). The summed E-state index contributed by atoms with van der Waals surface area (Å²) >= 11 is 0. The first-order valence-electron chi connectivity index (χ1n) is 5.72. The summed E-state index contributed by atoms with van der Waals surface area (Å²) in [5.74, 6) is 0. The van der Waals surface area contributed by atoms with Crippen LogP contribution in [-0.4, -0.2) is 30.4 Å². The molecule has 1 heterocycles. The second-order valence-electron chi connectivity index (χ2n) is 4.74. The fourth-order valence-electron chi connectivity index (χ4n) is 2.20. The molecule has 1 aliphatic rings. The van der Waals surface area contributed by atoms with Gasteiger partial charge in [-0.1, -0.05) is 30.3 Å². The maximum Gasteiger partial charge on any atom is 0.124 e. The van der Waals surface area contributed by atoms with E-state index in [0.717, 1.165) is 13.1 Å². The molecule has 1 aliphatic heterocycles. The summed E-state index contributed by atoms with van der Waals surface area (Å²) in [5, 5.41) is 3.47. The molecule has 0 spiro atoms. The van der Waals surface area contributed by atoms with Crippen LogP contribution in [0.4, 0.5) is 0 Å². The Kier molecular flexibility index (Phi) is 3.28. The van der Waals surface area contributed by atoms with Crippen molar-refractivity contribution in [2.45, 2.75) is 32.3 Å². The highest BCUT2D eigenvalue weighted by Gasteiger charge is 2.38. The largest absolute Gasteiger partial charge is 0.365 e.